The van der Waals surface area contributed by atoms with Crippen molar-refractivity contribution in [1.82, 2.24) is 10.6 Å². The second-order valence-corrected chi connectivity index (χ2v) is 7.18. The van der Waals surface area contributed by atoms with Crippen LogP contribution in [0.2, 0.25) is 0 Å². The number of benzene rings is 2. The molecule has 0 atom stereocenters. The van der Waals surface area contributed by atoms with Crippen molar-refractivity contribution in [3.05, 3.63) is 59.4 Å². The first-order valence-corrected chi connectivity index (χ1v) is 10.1. The van der Waals surface area contributed by atoms with Crippen LogP contribution >= 0.6 is 0 Å². The summed E-state index contributed by atoms with van der Waals surface area (Å²) in [6.45, 7) is 3.21. The number of carbonyl (C=O) groups is 1. The number of anilines is 1. The molecule has 1 aliphatic carbocycles. The minimum absolute atomic E-state index is 0.246. The van der Waals surface area contributed by atoms with Crippen molar-refractivity contribution >= 4 is 17.6 Å². The summed E-state index contributed by atoms with van der Waals surface area (Å²) in [5, 5.41) is 8.05. The number of nitrogens with one attached hydrogen (secondary N) is 3. The van der Waals surface area contributed by atoms with Crippen molar-refractivity contribution in [2.45, 2.75) is 26.3 Å². The molecule has 6 nitrogen and oxygen atoms in total. The van der Waals surface area contributed by atoms with Gasteiger partial charge in [-0.15, -0.1) is 0 Å². The van der Waals surface area contributed by atoms with E-state index in [-0.39, 0.29) is 6.54 Å². The molecule has 0 saturated heterocycles. The van der Waals surface area contributed by atoms with E-state index in [0.29, 0.717) is 31.6 Å². The van der Waals surface area contributed by atoms with Crippen molar-refractivity contribution in [1.29, 1.82) is 0 Å². The molecule has 0 spiro atoms. The van der Waals surface area contributed by atoms with Crippen LogP contribution in [-0.4, -0.2) is 31.6 Å². The lowest BCUT2D eigenvalue weighted by molar-refractivity contribution is -0.115. The first-order valence-electron chi connectivity index (χ1n) is 10.1. The second-order valence-electron chi connectivity index (χ2n) is 7.18. The zero-order chi connectivity index (χ0) is 22.2. The first-order chi connectivity index (χ1) is 15.0. The van der Waals surface area contributed by atoms with Crippen LogP contribution in [-0.2, 0) is 11.3 Å². The summed E-state index contributed by atoms with van der Waals surface area (Å²) >= 11 is 0. The van der Waals surface area contributed by atoms with Crippen LogP contribution in [0.5, 0.6) is 5.75 Å². The Morgan fingerprint density at radius 3 is 2.61 bits per heavy atom. The molecular formula is C22H25F3N4O2. The molecule has 166 valence electrons. The van der Waals surface area contributed by atoms with E-state index in [1.807, 2.05) is 31.2 Å². The lowest BCUT2D eigenvalue weighted by Gasteiger charge is -2.13. The third-order valence-corrected chi connectivity index (χ3v) is 4.62. The molecule has 9 heteroatoms. The SMILES string of the molecule is CCNC(=NCc1ccccc1OCC1CC1)NCC(=O)Nc1ccc(F)c(F)c1F. The fraction of sp³-hybridized carbons (Fsp3) is 0.364. The number of rotatable bonds is 9. The predicted octanol–water partition coefficient (Wildman–Crippen LogP) is 3.59. The maximum absolute atomic E-state index is 13.7. The standard InChI is InChI=1S/C22H25F3N4O2/c1-2-26-22(27-11-15-5-3-4-6-18(15)31-13-14-7-8-14)28-12-19(30)29-17-10-9-16(23)20(24)21(17)25/h3-6,9-10,14H,2,7-8,11-13H2,1H3,(H,29,30)(H2,26,27,28). The van der Waals surface area contributed by atoms with Gasteiger partial charge < -0.3 is 20.7 Å². The normalized spacial score (nSPS) is 13.6. The Morgan fingerprint density at radius 2 is 1.87 bits per heavy atom. The molecule has 0 aliphatic heterocycles. The summed E-state index contributed by atoms with van der Waals surface area (Å²) < 4.78 is 45.9. The number of halogens is 3. The van der Waals surface area contributed by atoms with Crippen molar-refractivity contribution in [2.75, 3.05) is 25.0 Å². The fourth-order valence-corrected chi connectivity index (χ4v) is 2.75. The van der Waals surface area contributed by atoms with Gasteiger partial charge in [-0.2, -0.15) is 0 Å². The van der Waals surface area contributed by atoms with E-state index in [0.717, 1.165) is 23.4 Å². The number of hydrogen-bond acceptors (Lipinski definition) is 3. The van der Waals surface area contributed by atoms with E-state index < -0.39 is 29.0 Å². The second kappa shape index (κ2) is 10.7. The van der Waals surface area contributed by atoms with E-state index in [9.17, 15) is 18.0 Å². The van der Waals surface area contributed by atoms with E-state index in [2.05, 4.69) is 20.9 Å². The number of nitrogens with zero attached hydrogens (tertiary/aromatic N) is 1. The highest BCUT2D eigenvalue weighted by Gasteiger charge is 2.22. The molecule has 1 fully saturated rings. The molecule has 1 aliphatic rings. The smallest absolute Gasteiger partial charge is 0.243 e. The predicted molar refractivity (Wildman–Crippen MR) is 112 cm³/mol. The number of carbonyl (C=O) groups excluding carboxylic acids is 1. The summed E-state index contributed by atoms with van der Waals surface area (Å²) in [5.74, 6) is -3.25. The molecule has 3 rings (SSSR count). The molecule has 1 amide bonds. The van der Waals surface area contributed by atoms with Crippen LogP contribution in [0.25, 0.3) is 0 Å². The third-order valence-electron chi connectivity index (χ3n) is 4.62. The highest BCUT2D eigenvalue weighted by molar-refractivity contribution is 5.95. The van der Waals surface area contributed by atoms with Gasteiger partial charge in [0.2, 0.25) is 5.91 Å². The Bertz CT molecular complexity index is 948. The van der Waals surface area contributed by atoms with Gasteiger partial charge in [-0.3, -0.25) is 4.79 Å². The van der Waals surface area contributed by atoms with Crippen LogP contribution in [0.1, 0.15) is 25.3 Å². The lowest BCUT2D eigenvalue weighted by atomic mass is 10.2. The lowest BCUT2D eigenvalue weighted by Crippen LogP contribution is -2.41. The van der Waals surface area contributed by atoms with Crippen molar-refractivity contribution in [3.8, 4) is 5.75 Å². The van der Waals surface area contributed by atoms with Gasteiger partial charge in [-0.25, -0.2) is 18.2 Å². The van der Waals surface area contributed by atoms with Gasteiger partial charge in [0.25, 0.3) is 0 Å². The Hall–Kier alpha value is -3.23. The molecule has 2 aromatic rings. The van der Waals surface area contributed by atoms with Crippen molar-refractivity contribution < 1.29 is 22.7 Å². The molecule has 0 radical (unpaired) electrons. The Labute approximate surface area is 178 Å². The zero-order valence-electron chi connectivity index (χ0n) is 17.2. The van der Waals surface area contributed by atoms with E-state index in [4.69, 9.17) is 4.74 Å². The number of amides is 1. The maximum Gasteiger partial charge on any atom is 0.243 e. The Kier molecular flexibility index (Phi) is 7.75. The summed E-state index contributed by atoms with van der Waals surface area (Å²) in [4.78, 5) is 16.6. The molecule has 0 heterocycles. The number of aliphatic imine (C=N–C) groups is 1. The summed E-state index contributed by atoms with van der Waals surface area (Å²) in [6, 6.07) is 9.34. The third kappa shape index (κ3) is 6.63. The molecule has 2 aromatic carbocycles. The van der Waals surface area contributed by atoms with Gasteiger partial charge in [-0.1, -0.05) is 18.2 Å². The Morgan fingerprint density at radius 1 is 1.10 bits per heavy atom. The van der Waals surface area contributed by atoms with Gasteiger partial charge in [0.1, 0.15) is 5.75 Å². The van der Waals surface area contributed by atoms with Crippen LogP contribution < -0.4 is 20.7 Å². The number of guanidine groups is 1. The minimum Gasteiger partial charge on any atom is -0.493 e. The van der Waals surface area contributed by atoms with Gasteiger partial charge in [0.05, 0.1) is 25.4 Å². The monoisotopic (exact) mass is 434 g/mol. The molecular weight excluding hydrogens is 409 g/mol. The molecule has 0 unspecified atom stereocenters. The topological polar surface area (TPSA) is 74.8 Å². The van der Waals surface area contributed by atoms with Crippen molar-refractivity contribution in [3.63, 3.8) is 0 Å². The minimum atomic E-state index is -1.64. The van der Waals surface area contributed by atoms with Gasteiger partial charge in [0.15, 0.2) is 23.4 Å². The molecule has 1 saturated carbocycles. The van der Waals surface area contributed by atoms with Crippen LogP contribution in [0.15, 0.2) is 41.4 Å². The maximum atomic E-state index is 13.7. The molecule has 31 heavy (non-hydrogen) atoms. The Balaban J connectivity index is 1.57. The average molecular weight is 434 g/mol. The largest absolute Gasteiger partial charge is 0.493 e. The van der Waals surface area contributed by atoms with E-state index in [1.165, 1.54) is 12.8 Å². The summed E-state index contributed by atoms with van der Waals surface area (Å²) in [7, 11) is 0. The number of para-hydroxylation sites is 1. The zero-order valence-corrected chi connectivity index (χ0v) is 17.2. The van der Waals surface area contributed by atoms with Crippen LogP contribution in [0, 0.1) is 23.4 Å². The fourth-order valence-electron chi connectivity index (χ4n) is 2.75. The van der Waals surface area contributed by atoms with Gasteiger partial charge in [-0.05, 0) is 43.9 Å². The number of ether oxygens (including phenoxy) is 1. The van der Waals surface area contributed by atoms with E-state index in [1.54, 1.807) is 0 Å². The van der Waals surface area contributed by atoms with Crippen LogP contribution in [0.4, 0.5) is 18.9 Å². The van der Waals surface area contributed by atoms with Gasteiger partial charge in [0, 0.05) is 12.1 Å². The first kappa shape index (κ1) is 22.5. The van der Waals surface area contributed by atoms with Crippen LogP contribution in [0.3, 0.4) is 0 Å². The molecule has 0 aromatic heterocycles. The highest BCUT2D eigenvalue weighted by Crippen LogP contribution is 2.30. The summed E-state index contributed by atoms with van der Waals surface area (Å²) in [6.07, 6.45) is 2.40. The quantitative estimate of drug-likeness (QED) is 0.320. The van der Waals surface area contributed by atoms with E-state index >= 15 is 0 Å². The van der Waals surface area contributed by atoms with Gasteiger partial charge >= 0.3 is 0 Å². The highest BCUT2D eigenvalue weighted by atomic mass is 19.2. The average Bonchev–Trinajstić information content (AvgIpc) is 3.60. The summed E-state index contributed by atoms with van der Waals surface area (Å²) in [5.41, 5.74) is 0.475. The number of hydrogen-bond donors (Lipinski definition) is 3. The molecule has 0 bridgehead atoms. The van der Waals surface area contributed by atoms with Crippen molar-refractivity contribution in [2.24, 2.45) is 10.9 Å². The molecule has 3 N–H and O–H groups in total.